The molecule has 2 aromatic carbocycles. The number of ether oxygens (including phenoxy) is 1. The van der Waals surface area contributed by atoms with E-state index in [2.05, 4.69) is 4.90 Å². The maximum absolute atomic E-state index is 14.3. The van der Waals surface area contributed by atoms with E-state index in [0.29, 0.717) is 41.7 Å². The molecule has 6 rings (SSSR count). The van der Waals surface area contributed by atoms with Crippen molar-refractivity contribution in [3.8, 4) is 11.5 Å². The molecule has 3 aliphatic carbocycles. The fourth-order valence-corrected chi connectivity index (χ4v) is 7.75. The highest BCUT2D eigenvalue weighted by Crippen LogP contribution is 2.53. The van der Waals surface area contributed by atoms with Gasteiger partial charge in [-0.05, 0) is 70.4 Å². The summed E-state index contributed by atoms with van der Waals surface area (Å²) in [5.74, 6) is -10.2. The highest BCUT2D eigenvalue weighted by atomic mass is 16.5. The van der Waals surface area contributed by atoms with Gasteiger partial charge in [0.25, 0.3) is 0 Å². The molecule has 0 bridgehead atoms. The van der Waals surface area contributed by atoms with Crippen molar-refractivity contribution in [1.29, 1.82) is 0 Å². The zero-order chi connectivity index (χ0) is 31.0. The highest BCUT2D eigenvalue weighted by Gasteiger charge is 2.69. The summed E-state index contributed by atoms with van der Waals surface area (Å²) in [5.41, 5.74) is 4.03. The fraction of sp³-hybridized carbons (Fsp3) is 0.531. The first kappa shape index (κ1) is 29.4. The molecule has 4 N–H and O–H groups in total. The van der Waals surface area contributed by atoms with E-state index in [1.54, 1.807) is 14.1 Å². The Morgan fingerprint density at radius 3 is 2.47 bits per heavy atom. The standard InChI is InChI=1S/C32H37N3O8/c1-4-10-43-28-17-7-6-15(14-35-8-5-9-35)11-18(17)25(36)22-19(28)12-16-13-20-24(34(2)3)27(38)23(31(33)41)30(40)32(20,42)29(39)21(16)26(22)37/h6-7,11,16,20-21,23-24,36,42H,4-5,8-10,12-14H2,1-3H3,(H2,33,41)/t16-,20-,21?,23?,24-,32-/m0/s1. The van der Waals surface area contributed by atoms with Gasteiger partial charge in [0.15, 0.2) is 34.7 Å². The SMILES string of the molecule is CCCOc1c2c(c(O)c3cc(CN4CCC4)ccc13)C(=O)C1C(=O)[C@]3(O)C(=O)C(C(N)=O)C(=O)[C@@H](N(C)C)[C@@H]3C[C@@H]1C2. The number of likely N-dealkylation sites (tertiary alicyclic amines) is 1. The van der Waals surface area contributed by atoms with Gasteiger partial charge in [-0.15, -0.1) is 0 Å². The van der Waals surface area contributed by atoms with Gasteiger partial charge in [0.05, 0.1) is 24.1 Å². The number of nitrogens with two attached hydrogens (primary N) is 1. The summed E-state index contributed by atoms with van der Waals surface area (Å²) in [7, 11) is 3.12. The van der Waals surface area contributed by atoms with E-state index in [1.165, 1.54) is 4.90 Å². The van der Waals surface area contributed by atoms with E-state index in [-0.39, 0.29) is 24.2 Å². The maximum atomic E-state index is 14.3. The Bertz CT molecular complexity index is 1580. The van der Waals surface area contributed by atoms with Crippen LogP contribution in [0.25, 0.3) is 10.8 Å². The highest BCUT2D eigenvalue weighted by molar-refractivity contribution is 6.32. The third kappa shape index (κ3) is 4.23. The number of Topliss-reactive ketones (excluding diaryl/α,β-unsaturated/α-hetero) is 4. The minimum atomic E-state index is -2.75. The van der Waals surface area contributed by atoms with E-state index in [0.717, 1.165) is 25.1 Å². The van der Waals surface area contributed by atoms with E-state index < -0.39 is 64.4 Å². The van der Waals surface area contributed by atoms with Crippen LogP contribution < -0.4 is 10.5 Å². The third-order valence-corrected chi connectivity index (χ3v) is 9.86. The number of carbonyl (C=O) groups is 5. The van der Waals surface area contributed by atoms with Gasteiger partial charge in [-0.1, -0.05) is 19.1 Å². The maximum Gasteiger partial charge on any atom is 0.235 e. The molecule has 1 heterocycles. The Hall–Kier alpha value is -3.67. The third-order valence-electron chi connectivity index (χ3n) is 9.86. The number of amides is 1. The Balaban J connectivity index is 1.49. The molecule has 2 unspecified atom stereocenters. The predicted molar refractivity (Wildman–Crippen MR) is 155 cm³/mol. The lowest BCUT2D eigenvalue weighted by molar-refractivity contribution is -0.181. The first-order valence-electron chi connectivity index (χ1n) is 14.9. The number of carbonyl (C=O) groups excluding carboxylic acids is 5. The van der Waals surface area contributed by atoms with Crippen LogP contribution in [0.2, 0.25) is 0 Å². The average Bonchev–Trinajstić information content (AvgIpc) is 2.92. The van der Waals surface area contributed by atoms with Crippen molar-refractivity contribution < 1.29 is 38.9 Å². The molecule has 11 heteroatoms. The summed E-state index contributed by atoms with van der Waals surface area (Å²) in [6.45, 7) is 4.99. The van der Waals surface area contributed by atoms with Crippen molar-refractivity contribution in [1.82, 2.24) is 9.80 Å². The molecule has 4 aliphatic rings. The zero-order valence-corrected chi connectivity index (χ0v) is 24.6. The summed E-state index contributed by atoms with van der Waals surface area (Å²) >= 11 is 0. The molecule has 1 aliphatic heterocycles. The van der Waals surface area contributed by atoms with Gasteiger partial charge in [0, 0.05) is 28.8 Å². The Morgan fingerprint density at radius 2 is 1.86 bits per heavy atom. The first-order valence-corrected chi connectivity index (χ1v) is 14.9. The topological polar surface area (TPSA) is 168 Å². The number of nitrogens with zero attached hydrogens (tertiary/aromatic N) is 2. The summed E-state index contributed by atoms with van der Waals surface area (Å²) in [6.07, 6.45) is 1.98. The van der Waals surface area contributed by atoms with Gasteiger partial charge >= 0.3 is 0 Å². The Labute approximate surface area is 248 Å². The quantitative estimate of drug-likeness (QED) is 0.396. The lowest BCUT2D eigenvalue weighted by Gasteiger charge is -2.52. The van der Waals surface area contributed by atoms with Crippen LogP contribution in [-0.4, -0.2) is 94.5 Å². The summed E-state index contributed by atoms with van der Waals surface area (Å²) in [4.78, 5) is 71.2. The minimum Gasteiger partial charge on any atom is -0.507 e. The zero-order valence-electron chi connectivity index (χ0n) is 24.6. The van der Waals surface area contributed by atoms with Crippen molar-refractivity contribution in [2.24, 2.45) is 29.4 Å². The number of phenols is 1. The monoisotopic (exact) mass is 591 g/mol. The van der Waals surface area contributed by atoms with Crippen LogP contribution in [-0.2, 0) is 32.1 Å². The molecule has 1 amide bonds. The van der Waals surface area contributed by atoms with Crippen LogP contribution in [0.1, 0.15) is 47.7 Å². The first-order chi connectivity index (χ1) is 20.4. The number of aromatic hydroxyl groups is 1. The summed E-state index contributed by atoms with van der Waals surface area (Å²) in [5, 5.41) is 24.5. The van der Waals surface area contributed by atoms with Crippen LogP contribution in [0.4, 0.5) is 0 Å². The lowest BCUT2D eigenvalue weighted by atomic mass is 9.52. The van der Waals surface area contributed by atoms with E-state index in [4.69, 9.17) is 10.5 Å². The molecule has 2 aromatic rings. The fourth-order valence-electron chi connectivity index (χ4n) is 7.75. The van der Waals surface area contributed by atoms with Gasteiger partial charge in [-0.2, -0.15) is 0 Å². The van der Waals surface area contributed by atoms with Crippen molar-refractivity contribution >= 4 is 39.8 Å². The number of hydrogen-bond acceptors (Lipinski definition) is 10. The molecule has 0 spiro atoms. The number of fused-ring (bicyclic) bond motifs is 4. The van der Waals surface area contributed by atoms with Crippen molar-refractivity contribution in [3.63, 3.8) is 0 Å². The summed E-state index contributed by atoms with van der Waals surface area (Å²) < 4.78 is 6.21. The average molecular weight is 592 g/mol. The van der Waals surface area contributed by atoms with Crippen molar-refractivity contribution in [2.45, 2.75) is 50.8 Å². The molecule has 6 atom stereocenters. The number of rotatable bonds is 7. The smallest absolute Gasteiger partial charge is 0.235 e. The number of ketones is 4. The number of hydrogen-bond donors (Lipinski definition) is 3. The largest absolute Gasteiger partial charge is 0.507 e. The van der Waals surface area contributed by atoms with Crippen LogP contribution in [0.3, 0.4) is 0 Å². The molecule has 3 fully saturated rings. The number of primary amides is 1. The van der Waals surface area contributed by atoms with Crippen LogP contribution in [0, 0.1) is 23.7 Å². The van der Waals surface area contributed by atoms with E-state index in [1.807, 2.05) is 25.1 Å². The van der Waals surface area contributed by atoms with Gasteiger partial charge in [-0.25, -0.2) is 0 Å². The predicted octanol–water partition coefficient (Wildman–Crippen LogP) is 1.01. The molecule has 43 heavy (non-hydrogen) atoms. The van der Waals surface area contributed by atoms with Gasteiger partial charge < -0.3 is 20.7 Å². The molecular formula is C32H37N3O8. The van der Waals surface area contributed by atoms with Crippen molar-refractivity contribution in [3.05, 3.63) is 34.9 Å². The number of likely N-dealkylation sites (N-methyl/N-ethyl adjacent to an activating group) is 1. The minimum absolute atomic E-state index is 0.00924. The van der Waals surface area contributed by atoms with Gasteiger partial charge in [-0.3, -0.25) is 33.8 Å². The second-order valence-electron chi connectivity index (χ2n) is 12.7. The van der Waals surface area contributed by atoms with Crippen LogP contribution >= 0.6 is 0 Å². The van der Waals surface area contributed by atoms with Crippen molar-refractivity contribution in [2.75, 3.05) is 33.8 Å². The molecule has 228 valence electrons. The molecule has 1 saturated heterocycles. The van der Waals surface area contributed by atoms with E-state index >= 15 is 0 Å². The molecular weight excluding hydrogens is 554 g/mol. The second-order valence-corrected chi connectivity index (χ2v) is 12.7. The van der Waals surface area contributed by atoms with Gasteiger partial charge in [0.2, 0.25) is 5.91 Å². The number of benzene rings is 2. The Morgan fingerprint density at radius 1 is 1.14 bits per heavy atom. The molecule has 0 radical (unpaired) electrons. The molecule has 0 aromatic heterocycles. The second kappa shape index (κ2) is 10.5. The Kier molecular flexibility index (Phi) is 7.18. The van der Waals surface area contributed by atoms with Gasteiger partial charge in [0.1, 0.15) is 11.5 Å². The molecule has 2 saturated carbocycles. The molecule has 11 nitrogen and oxygen atoms in total. The number of aliphatic hydroxyl groups is 1. The summed E-state index contributed by atoms with van der Waals surface area (Å²) in [6, 6.07) is 4.57. The number of phenolic OH excluding ortho intramolecular Hbond substituents is 1. The van der Waals surface area contributed by atoms with Crippen LogP contribution in [0.15, 0.2) is 18.2 Å². The normalized spacial score (nSPS) is 30.6. The lowest BCUT2D eigenvalue weighted by Crippen LogP contribution is -2.74. The van der Waals surface area contributed by atoms with E-state index in [9.17, 15) is 34.2 Å². The van der Waals surface area contributed by atoms with Crippen LogP contribution in [0.5, 0.6) is 11.5 Å².